The van der Waals surface area contributed by atoms with Crippen LogP contribution in [-0.2, 0) is 4.79 Å². The lowest BCUT2D eigenvalue weighted by Crippen LogP contribution is -2.48. The third kappa shape index (κ3) is 4.82. The van der Waals surface area contributed by atoms with Crippen molar-refractivity contribution >= 4 is 29.1 Å². The van der Waals surface area contributed by atoms with Gasteiger partial charge in [0.25, 0.3) is 0 Å². The highest BCUT2D eigenvalue weighted by molar-refractivity contribution is 5.76. The fraction of sp³-hybridized carbons (Fsp3) is 0.238. The summed E-state index contributed by atoms with van der Waals surface area (Å²) in [4.78, 5) is 25.6. The molecule has 1 aliphatic heterocycles. The summed E-state index contributed by atoms with van der Waals surface area (Å²) in [5.41, 5.74) is 3.61. The van der Waals surface area contributed by atoms with Crippen molar-refractivity contribution in [2.45, 2.75) is 6.92 Å². The predicted molar refractivity (Wildman–Crippen MR) is 109 cm³/mol. The largest absolute Gasteiger partial charge is 0.465 e. The Balaban J connectivity index is 1.58. The number of carboxylic acid groups (broad SMARTS) is 1. The number of anilines is 2. The molecule has 7 heteroatoms. The SMILES string of the molecule is C=C(Nc1ccc(OC(C)=O)cc1)c1ccc(N2CCN(C(=O)O)CC2)cc1. The fourth-order valence-electron chi connectivity index (χ4n) is 3.05. The zero-order chi connectivity index (χ0) is 20.1. The third-order valence-corrected chi connectivity index (χ3v) is 4.54. The Morgan fingerprint density at radius 2 is 1.61 bits per heavy atom. The Bertz CT molecular complexity index is 854. The van der Waals surface area contributed by atoms with Crippen molar-refractivity contribution in [3.63, 3.8) is 0 Å². The molecule has 1 heterocycles. The van der Waals surface area contributed by atoms with Gasteiger partial charge in [-0.25, -0.2) is 4.79 Å². The van der Waals surface area contributed by atoms with Gasteiger partial charge >= 0.3 is 12.1 Å². The van der Waals surface area contributed by atoms with Crippen molar-refractivity contribution in [3.8, 4) is 5.75 Å². The van der Waals surface area contributed by atoms with E-state index in [9.17, 15) is 9.59 Å². The Morgan fingerprint density at radius 3 is 2.14 bits per heavy atom. The van der Waals surface area contributed by atoms with E-state index in [1.54, 1.807) is 12.1 Å². The number of rotatable bonds is 5. The zero-order valence-corrected chi connectivity index (χ0v) is 15.7. The van der Waals surface area contributed by atoms with Gasteiger partial charge in [0.05, 0.1) is 0 Å². The lowest BCUT2D eigenvalue weighted by Gasteiger charge is -2.34. The fourth-order valence-corrected chi connectivity index (χ4v) is 3.05. The molecule has 1 fully saturated rings. The second kappa shape index (κ2) is 8.47. The number of nitrogens with zero attached hydrogens (tertiary/aromatic N) is 2. The molecule has 28 heavy (non-hydrogen) atoms. The van der Waals surface area contributed by atoms with E-state index in [1.165, 1.54) is 11.8 Å². The summed E-state index contributed by atoms with van der Waals surface area (Å²) in [7, 11) is 0. The van der Waals surface area contributed by atoms with Gasteiger partial charge in [-0.15, -0.1) is 0 Å². The molecule has 0 unspecified atom stereocenters. The van der Waals surface area contributed by atoms with Crippen LogP contribution in [-0.4, -0.2) is 48.2 Å². The van der Waals surface area contributed by atoms with Gasteiger partial charge in [0.2, 0.25) is 0 Å². The molecule has 2 aromatic rings. The normalized spacial score (nSPS) is 13.8. The molecule has 1 saturated heterocycles. The molecule has 1 amide bonds. The summed E-state index contributed by atoms with van der Waals surface area (Å²) in [6, 6.07) is 15.1. The van der Waals surface area contributed by atoms with E-state index >= 15 is 0 Å². The molecule has 0 atom stereocenters. The standard InChI is InChI=1S/C21H23N3O4/c1-15(22-18-5-9-20(10-6-18)28-16(2)25)17-3-7-19(8-4-17)23-11-13-24(14-12-23)21(26)27/h3-10,22H,1,11-14H2,2H3,(H,26,27). The second-order valence-electron chi connectivity index (χ2n) is 6.53. The summed E-state index contributed by atoms with van der Waals surface area (Å²) in [5.74, 6) is 0.144. The highest BCUT2D eigenvalue weighted by Gasteiger charge is 2.20. The van der Waals surface area contributed by atoms with Gasteiger partial charge in [-0.2, -0.15) is 0 Å². The molecule has 7 nitrogen and oxygen atoms in total. The summed E-state index contributed by atoms with van der Waals surface area (Å²) < 4.78 is 5.02. The number of esters is 1. The van der Waals surface area contributed by atoms with Crippen molar-refractivity contribution in [2.24, 2.45) is 0 Å². The molecule has 2 N–H and O–H groups in total. The van der Waals surface area contributed by atoms with Crippen molar-refractivity contribution in [2.75, 3.05) is 36.4 Å². The average Bonchev–Trinajstić information content (AvgIpc) is 2.69. The Morgan fingerprint density at radius 1 is 1.00 bits per heavy atom. The molecule has 0 aromatic heterocycles. The van der Waals surface area contributed by atoms with Gasteiger partial charge in [0.1, 0.15) is 5.75 Å². The Kier molecular flexibility index (Phi) is 5.84. The Hall–Kier alpha value is -3.48. The zero-order valence-electron chi connectivity index (χ0n) is 15.7. The average molecular weight is 381 g/mol. The van der Waals surface area contributed by atoms with Crippen molar-refractivity contribution in [3.05, 3.63) is 60.7 Å². The number of hydrogen-bond acceptors (Lipinski definition) is 5. The minimum atomic E-state index is -0.863. The van der Waals surface area contributed by atoms with Crippen LogP contribution in [0.5, 0.6) is 5.75 Å². The highest BCUT2D eigenvalue weighted by atomic mass is 16.5. The van der Waals surface area contributed by atoms with Crippen LogP contribution >= 0.6 is 0 Å². The minimum absolute atomic E-state index is 0.352. The monoisotopic (exact) mass is 381 g/mol. The van der Waals surface area contributed by atoms with Gasteiger partial charge in [-0.3, -0.25) is 4.79 Å². The van der Waals surface area contributed by atoms with E-state index in [4.69, 9.17) is 9.84 Å². The van der Waals surface area contributed by atoms with E-state index in [1.807, 2.05) is 36.4 Å². The first-order valence-corrected chi connectivity index (χ1v) is 9.00. The first kappa shape index (κ1) is 19.3. The third-order valence-electron chi connectivity index (χ3n) is 4.54. The minimum Gasteiger partial charge on any atom is -0.465 e. The van der Waals surface area contributed by atoms with Crippen LogP contribution in [0.15, 0.2) is 55.1 Å². The van der Waals surface area contributed by atoms with Crippen molar-refractivity contribution < 1.29 is 19.4 Å². The molecular weight excluding hydrogens is 358 g/mol. The molecule has 0 aliphatic carbocycles. The number of carbonyl (C=O) groups excluding carboxylic acids is 1. The van der Waals surface area contributed by atoms with Gasteiger partial charge in [-0.05, 0) is 42.0 Å². The quantitative estimate of drug-likeness (QED) is 0.609. The predicted octanol–water partition coefficient (Wildman–Crippen LogP) is 3.49. The molecule has 0 bridgehead atoms. The highest BCUT2D eigenvalue weighted by Crippen LogP contribution is 2.23. The molecule has 2 aromatic carbocycles. The van der Waals surface area contributed by atoms with Gasteiger partial charge in [-0.1, -0.05) is 18.7 Å². The van der Waals surface area contributed by atoms with Crippen LogP contribution in [0.25, 0.3) is 5.70 Å². The van der Waals surface area contributed by atoms with Crippen LogP contribution < -0.4 is 15.0 Å². The van der Waals surface area contributed by atoms with Crippen molar-refractivity contribution in [1.82, 2.24) is 4.90 Å². The maximum atomic E-state index is 11.0. The lowest BCUT2D eigenvalue weighted by atomic mass is 10.1. The number of benzene rings is 2. The van der Waals surface area contributed by atoms with Crippen LogP contribution in [0.4, 0.5) is 16.2 Å². The topological polar surface area (TPSA) is 82.1 Å². The van der Waals surface area contributed by atoms with Crippen molar-refractivity contribution in [1.29, 1.82) is 0 Å². The lowest BCUT2D eigenvalue weighted by molar-refractivity contribution is -0.131. The van der Waals surface area contributed by atoms with E-state index in [0.717, 1.165) is 22.6 Å². The van der Waals surface area contributed by atoms with E-state index < -0.39 is 6.09 Å². The number of amides is 1. The first-order chi connectivity index (χ1) is 13.4. The number of ether oxygens (including phenoxy) is 1. The summed E-state index contributed by atoms with van der Waals surface area (Å²) in [6.07, 6.45) is -0.863. The van der Waals surface area contributed by atoms with Crippen LogP contribution in [0.3, 0.4) is 0 Å². The number of hydrogen-bond donors (Lipinski definition) is 2. The van der Waals surface area contributed by atoms with Gasteiger partial charge in [0, 0.05) is 50.2 Å². The number of nitrogens with one attached hydrogen (secondary N) is 1. The summed E-state index contributed by atoms with van der Waals surface area (Å²) >= 11 is 0. The molecule has 0 saturated carbocycles. The Labute approximate surface area is 163 Å². The summed E-state index contributed by atoms with van der Waals surface area (Å²) in [5, 5.41) is 12.3. The molecule has 1 aliphatic rings. The summed E-state index contributed by atoms with van der Waals surface area (Å²) in [6.45, 7) is 7.82. The van der Waals surface area contributed by atoms with Gasteiger partial charge < -0.3 is 25.0 Å². The second-order valence-corrected chi connectivity index (χ2v) is 6.53. The van der Waals surface area contributed by atoms with Crippen LogP contribution in [0, 0.1) is 0 Å². The molecular formula is C21H23N3O4. The molecule has 146 valence electrons. The molecule has 0 radical (unpaired) electrons. The van der Waals surface area contributed by atoms with E-state index in [-0.39, 0.29) is 5.97 Å². The first-order valence-electron chi connectivity index (χ1n) is 9.00. The van der Waals surface area contributed by atoms with E-state index in [0.29, 0.717) is 31.9 Å². The molecule has 0 spiro atoms. The van der Waals surface area contributed by atoms with Crippen LogP contribution in [0.1, 0.15) is 12.5 Å². The van der Waals surface area contributed by atoms with E-state index in [2.05, 4.69) is 16.8 Å². The van der Waals surface area contributed by atoms with Gasteiger partial charge in [0.15, 0.2) is 0 Å². The number of carbonyl (C=O) groups is 2. The number of piperazine rings is 1. The maximum Gasteiger partial charge on any atom is 0.407 e. The van der Waals surface area contributed by atoms with Crippen LogP contribution in [0.2, 0.25) is 0 Å². The molecule has 3 rings (SSSR count). The smallest absolute Gasteiger partial charge is 0.407 e. The maximum absolute atomic E-state index is 11.0.